The van der Waals surface area contributed by atoms with E-state index in [1.165, 1.54) is 5.56 Å². The first-order chi connectivity index (χ1) is 11.7. The van der Waals surface area contributed by atoms with Crippen molar-refractivity contribution in [2.75, 3.05) is 32.7 Å². The topological polar surface area (TPSA) is 85.1 Å². The Morgan fingerprint density at radius 2 is 1.92 bits per heavy atom. The molecular weight excluding hydrogens is 306 g/mol. The lowest BCUT2D eigenvalue weighted by atomic mass is 10.2. The smallest absolute Gasteiger partial charge is 0.340 e. The van der Waals surface area contributed by atoms with Crippen molar-refractivity contribution in [3.8, 4) is 0 Å². The number of carbonyl (C=O) groups excluding carboxylic acids is 1. The number of hydrogen-bond acceptors (Lipinski definition) is 4. The van der Waals surface area contributed by atoms with Crippen LogP contribution in [0.15, 0.2) is 41.2 Å². The summed E-state index contributed by atoms with van der Waals surface area (Å²) in [7, 11) is 0. The number of rotatable bonds is 5. The number of carbonyl (C=O) groups is 1. The van der Waals surface area contributed by atoms with Crippen molar-refractivity contribution in [2.45, 2.75) is 6.42 Å². The van der Waals surface area contributed by atoms with Crippen LogP contribution < -0.4 is 5.69 Å². The van der Waals surface area contributed by atoms with Gasteiger partial charge in [0, 0.05) is 32.7 Å². The molecule has 0 aliphatic carbocycles. The lowest BCUT2D eigenvalue weighted by Crippen LogP contribution is -2.49. The van der Waals surface area contributed by atoms with Crippen LogP contribution in [0, 0.1) is 0 Å². The molecule has 7 heteroatoms. The van der Waals surface area contributed by atoms with Gasteiger partial charge in [-0.3, -0.25) is 14.7 Å². The molecule has 0 saturated carbocycles. The van der Waals surface area contributed by atoms with E-state index >= 15 is 0 Å². The third kappa shape index (κ3) is 4.42. The van der Waals surface area contributed by atoms with Crippen LogP contribution in [-0.2, 0) is 11.2 Å². The minimum Gasteiger partial charge on any atom is -0.340 e. The first kappa shape index (κ1) is 16.2. The van der Waals surface area contributed by atoms with Gasteiger partial charge in [-0.2, -0.15) is 5.10 Å². The standard InChI is InChI=1S/C17H21N5O2/c23-16(13-15-18-17(24)20-19-15)22-11-9-21(10-12-22)8-4-7-14-5-2-1-3-6-14/h1-7H,8-13H2,(H2,18,19,20,24). The van der Waals surface area contributed by atoms with Crippen LogP contribution in [0.2, 0.25) is 0 Å². The van der Waals surface area contributed by atoms with E-state index in [0.717, 1.165) is 19.6 Å². The van der Waals surface area contributed by atoms with Crippen molar-refractivity contribution in [1.29, 1.82) is 0 Å². The fourth-order valence-corrected chi connectivity index (χ4v) is 2.73. The SMILES string of the molecule is O=C(Cc1n[nH]c(=O)[nH]1)N1CCN(CC=Cc2ccccc2)CC1. The number of hydrogen-bond donors (Lipinski definition) is 2. The summed E-state index contributed by atoms with van der Waals surface area (Å²) in [6.07, 6.45) is 4.40. The van der Waals surface area contributed by atoms with Crippen LogP contribution in [0.4, 0.5) is 0 Å². The summed E-state index contributed by atoms with van der Waals surface area (Å²) in [5.41, 5.74) is 0.812. The van der Waals surface area contributed by atoms with Gasteiger partial charge in [0.1, 0.15) is 5.82 Å². The molecule has 1 aromatic heterocycles. The molecule has 1 saturated heterocycles. The molecular formula is C17H21N5O2. The van der Waals surface area contributed by atoms with E-state index in [-0.39, 0.29) is 18.0 Å². The second-order valence-electron chi connectivity index (χ2n) is 5.80. The third-order valence-corrected chi connectivity index (χ3v) is 4.07. The van der Waals surface area contributed by atoms with E-state index in [1.54, 1.807) is 0 Å². The van der Waals surface area contributed by atoms with Crippen LogP contribution in [0.3, 0.4) is 0 Å². The van der Waals surface area contributed by atoms with Crippen LogP contribution in [-0.4, -0.2) is 63.6 Å². The van der Waals surface area contributed by atoms with Crippen molar-refractivity contribution >= 4 is 12.0 Å². The summed E-state index contributed by atoms with van der Waals surface area (Å²) < 4.78 is 0. The molecule has 2 N–H and O–H groups in total. The Morgan fingerprint density at radius 3 is 2.58 bits per heavy atom. The zero-order valence-electron chi connectivity index (χ0n) is 13.4. The zero-order chi connectivity index (χ0) is 16.8. The molecule has 2 heterocycles. The summed E-state index contributed by atoms with van der Waals surface area (Å²) >= 11 is 0. The molecule has 1 aliphatic rings. The molecule has 1 amide bonds. The third-order valence-electron chi connectivity index (χ3n) is 4.07. The average Bonchev–Trinajstić information content (AvgIpc) is 3.01. The Labute approximate surface area is 140 Å². The summed E-state index contributed by atoms with van der Waals surface area (Å²) in [4.78, 5) is 29.8. The highest BCUT2D eigenvalue weighted by molar-refractivity contribution is 5.78. The van der Waals surface area contributed by atoms with Gasteiger partial charge in [-0.05, 0) is 5.56 Å². The van der Waals surface area contributed by atoms with E-state index in [9.17, 15) is 9.59 Å². The fraction of sp³-hybridized carbons (Fsp3) is 0.353. The number of aromatic amines is 2. The molecule has 7 nitrogen and oxygen atoms in total. The van der Waals surface area contributed by atoms with E-state index in [0.29, 0.717) is 18.9 Å². The lowest BCUT2D eigenvalue weighted by molar-refractivity contribution is -0.132. The Kier molecular flexibility index (Phi) is 5.22. The van der Waals surface area contributed by atoms with Gasteiger partial charge in [-0.25, -0.2) is 9.89 Å². The van der Waals surface area contributed by atoms with Crippen molar-refractivity contribution in [3.63, 3.8) is 0 Å². The van der Waals surface area contributed by atoms with Gasteiger partial charge in [0.15, 0.2) is 0 Å². The normalized spacial score (nSPS) is 15.9. The maximum atomic E-state index is 12.2. The van der Waals surface area contributed by atoms with Gasteiger partial charge in [0.05, 0.1) is 6.42 Å². The van der Waals surface area contributed by atoms with Crippen molar-refractivity contribution in [1.82, 2.24) is 25.0 Å². The number of aromatic nitrogens is 3. The molecule has 1 aliphatic heterocycles. The molecule has 126 valence electrons. The van der Waals surface area contributed by atoms with Crippen molar-refractivity contribution in [2.24, 2.45) is 0 Å². The van der Waals surface area contributed by atoms with E-state index in [1.807, 2.05) is 23.1 Å². The highest BCUT2D eigenvalue weighted by Crippen LogP contribution is 2.06. The van der Waals surface area contributed by atoms with E-state index in [2.05, 4.69) is 44.4 Å². The van der Waals surface area contributed by atoms with Gasteiger partial charge >= 0.3 is 5.69 Å². The van der Waals surface area contributed by atoms with Crippen LogP contribution in [0.25, 0.3) is 6.08 Å². The Hall–Kier alpha value is -2.67. The Bertz CT molecular complexity index is 742. The number of piperazine rings is 1. The first-order valence-electron chi connectivity index (χ1n) is 8.06. The predicted octanol–water partition coefficient (Wildman–Crippen LogP) is 0.498. The molecule has 2 aromatic rings. The van der Waals surface area contributed by atoms with Gasteiger partial charge in [0.25, 0.3) is 0 Å². The fourth-order valence-electron chi connectivity index (χ4n) is 2.73. The number of nitrogens with zero attached hydrogens (tertiary/aromatic N) is 3. The molecule has 0 radical (unpaired) electrons. The summed E-state index contributed by atoms with van der Waals surface area (Å²) in [5, 5.41) is 6.05. The number of benzene rings is 1. The van der Waals surface area contributed by atoms with Crippen molar-refractivity contribution in [3.05, 3.63) is 58.3 Å². The summed E-state index contributed by atoms with van der Waals surface area (Å²) in [5.74, 6) is 0.385. The van der Waals surface area contributed by atoms with Crippen LogP contribution in [0.5, 0.6) is 0 Å². The number of nitrogens with one attached hydrogen (secondary N) is 2. The van der Waals surface area contributed by atoms with Crippen LogP contribution >= 0.6 is 0 Å². The highest BCUT2D eigenvalue weighted by atomic mass is 16.2. The molecule has 24 heavy (non-hydrogen) atoms. The predicted molar refractivity (Wildman–Crippen MR) is 91.4 cm³/mol. The van der Waals surface area contributed by atoms with Gasteiger partial charge in [0.2, 0.25) is 5.91 Å². The van der Waals surface area contributed by atoms with Gasteiger partial charge in [-0.15, -0.1) is 0 Å². The van der Waals surface area contributed by atoms with Gasteiger partial charge < -0.3 is 4.90 Å². The second kappa shape index (κ2) is 7.74. The summed E-state index contributed by atoms with van der Waals surface area (Å²) in [6, 6.07) is 10.2. The van der Waals surface area contributed by atoms with E-state index in [4.69, 9.17) is 0 Å². The quantitative estimate of drug-likeness (QED) is 0.837. The largest absolute Gasteiger partial charge is 0.340 e. The molecule has 0 atom stereocenters. The highest BCUT2D eigenvalue weighted by Gasteiger charge is 2.21. The molecule has 3 rings (SSSR count). The Balaban J connectivity index is 1.43. The molecule has 1 fully saturated rings. The monoisotopic (exact) mass is 327 g/mol. The number of H-pyrrole nitrogens is 2. The molecule has 0 spiro atoms. The minimum atomic E-state index is -0.382. The van der Waals surface area contributed by atoms with Crippen LogP contribution in [0.1, 0.15) is 11.4 Å². The first-order valence-corrected chi connectivity index (χ1v) is 8.06. The zero-order valence-corrected chi connectivity index (χ0v) is 13.4. The lowest BCUT2D eigenvalue weighted by Gasteiger charge is -2.34. The number of amides is 1. The maximum absolute atomic E-state index is 12.2. The maximum Gasteiger partial charge on any atom is 0.340 e. The molecule has 1 aromatic carbocycles. The minimum absolute atomic E-state index is 0.00257. The van der Waals surface area contributed by atoms with Gasteiger partial charge in [-0.1, -0.05) is 42.5 Å². The van der Waals surface area contributed by atoms with Crippen molar-refractivity contribution < 1.29 is 4.79 Å². The second-order valence-corrected chi connectivity index (χ2v) is 5.80. The molecule has 0 bridgehead atoms. The molecule has 0 unspecified atom stereocenters. The summed E-state index contributed by atoms with van der Waals surface area (Å²) in [6.45, 7) is 3.98. The van der Waals surface area contributed by atoms with E-state index < -0.39 is 0 Å². The average molecular weight is 327 g/mol. The Morgan fingerprint density at radius 1 is 1.17 bits per heavy atom.